The van der Waals surface area contributed by atoms with Crippen LogP contribution in [0.25, 0.3) is 0 Å². The highest BCUT2D eigenvalue weighted by Crippen LogP contribution is 2.35. The summed E-state index contributed by atoms with van der Waals surface area (Å²) in [5.74, 6) is 1.93. The third-order valence-corrected chi connectivity index (χ3v) is 8.68. The molecule has 1 aliphatic heterocycles. The number of benzene rings is 3. The third kappa shape index (κ3) is 6.89. The first-order valence-corrected chi connectivity index (χ1v) is 15.4. The summed E-state index contributed by atoms with van der Waals surface area (Å²) < 4.78 is 18.6. The minimum absolute atomic E-state index is 0.105. The predicted molar refractivity (Wildman–Crippen MR) is 170 cm³/mol. The number of methoxy groups -OCH3 is 3. The fraction of sp³-hybridized carbons (Fsp3) is 0.258. The van der Waals surface area contributed by atoms with Gasteiger partial charge < -0.3 is 24.1 Å². The van der Waals surface area contributed by atoms with Crippen LogP contribution in [0.2, 0.25) is 0 Å². The first kappa shape index (κ1) is 31.1. The number of hydrogen-bond donors (Lipinski definition) is 1. The van der Waals surface area contributed by atoms with Crippen LogP contribution in [-0.2, 0) is 18.4 Å². The van der Waals surface area contributed by atoms with E-state index in [1.54, 1.807) is 41.9 Å². The van der Waals surface area contributed by atoms with Gasteiger partial charge in [-0.3, -0.25) is 9.59 Å². The Morgan fingerprint density at radius 2 is 1.68 bits per heavy atom. The van der Waals surface area contributed by atoms with E-state index in [-0.39, 0.29) is 30.2 Å². The molecule has 4 aromatic rings. The molecule has 0 saturated heterocycles. The molecule has 5 rings (SSSR count). The molecule has 2 heterocycles. The number of carbonyl (C=O) groups is 2. The van der Waals surface area contributed by atoms with Gasteiger partial charge in [0, 0.05) is 23.5 Å². The molecule has 0 radical (unpaired) electrons. The van der Waals surface area contributed by atoms with Crippen LogP contribution in [0, 0.1) is 0 Å². The zero-order valence-electron chi connectivity index (χ0n) is 24.6. The molecule has 11 nitrogen and oxygen atoms in total. The van der Waals surface area contributed by atoms with E-state index in [0.717, 1.165) is 27.1 Å². The van der Waals surface area contributed by atoms with Crippen LogP contribution in [0.1, 0.15) is 39.8 Å². The van der Waals surface area contributed by atoms with Crippen LogP contribution in [0.5, 0.6) is 17.2 Å². The number of carbonyl (C=O) groups excluding carboxylic acids is 2. The standard InChI is InChI=1S/C31H31BrN6O5S/c1-37-28(17-33-30(40)21-9-14-26(42-3)27(15-21)43-4)34-35-31(37)44-18-29(39)38-25(20-7-12-23(41-2)13-8-20)16-24(36-38)19-5-10-22(32)11-6-19/h5-15,25H,16-18H2,1-4H3,(H,33,40)/t25-/m1/s1. The lowest BCUT2D eigenvalue weighted by Crippen LogP contribution is -2.28. The molecular weight excluding hydrogens is 648 g/mol. The molecule has 1 aromatic heterocycles. The number of hydrogen-bond acceptors (Lipinski definition) is 9. The van der Waals surface area contributed by atoms with Gasteiger partial charge >= 0.3 is 0 Å². The maximum atomic E-state index is 13.6. The van der Waals surface area contributed by atoms with Crippen LogP contribution in [-0.4, -0.2) is 64.4 Å². The lowest BCUT2D eigenvalue weighted by atomic mass is 9.98. The number of hydrazone groups is 1. The lowest BCUT2D eigenvalue weighted by Gasteiger charge is -2.22. The molecule has 2 amide bonds. The average Bonchev–Trinajstić information content (AvgIpc) is 3.66. The number of thioether (sulfide) groups is 1. The maximum absolute atomic E-state index is 13.6. The highest BCUT2D eigenvalue weighted by Gasteiger charge is 2.33. The molecule has 1 aliphatic rings. The molecule has 44 heavy (non-hydrogen) atoms. The quantitative estimate of drug-likeness (QED) is 0.220. The molecule has 228 valence electrons. The summed E-state index contributed by atoms with van der Waals surface area (Å²) in [5.41, 5.74) is 3.18. The summed E-state index contributed by atoms with van der Waals surface area (Å²) in [6, 6.07) is 20.3. The molecule has 3 aromatic carbocycles. The Kier molecular flexibility index (Phi) is 9.85. The molecule has 0 bridgehead atoms. The number of rotatable bonds is 11. The summed E-state index contributed by atoms with van der Waals surface area (Å²) in [6.07, 6.45) is 0.582. The van der Waals surface area contributed by atoms with Gasteiger partial charge in [0.15, 0.2) is 22.5 Å². The topological polar surface area (TPSA) is 120 Å². The fourth-order valence-corrected chi connectivity index (χ4v) is 5.75. The molecule has 13 heteroatoms. The van der Waals surface area contributed by atoms with Crippen molar-refractivity contribution < 1.29 is 23.8 Å². The number of amides is 2. The van der Waals surface area contributed by atoms with Gasteiger partial charge in [-0.25, -0.2) is 5.01 Å². The van der Waals surface area contributed by atoms with Crippen LogP contribution in [0.3, 0.4) is 0 Å². The van der Waals surface area contributed by atoms with E-state index in [9.17, 15) is 9.59 Å². The van der Waals surface area contributed by atoms with E-state index in [4.69, 9.17) is 19.3 Å². The Bertz CT molecular complexity index is 1680. The Hall–Kier alpha value is -4.36. The molecule has 0 saturated carbocycles. The van der Waals surface area contributed by atoms with Gasteiger partial charge in [0.1, 0.15) is 5.75 Å². The molecule has 0 aliphatic carbocycles. The maximum Gasteiger partial charge on any atom is 0.253 e. The summed E-state index contributed by atoms with van der Waals surface area (Å²) in [5, 5.41) is 18.2. The monoisotopic (exact) mass is 678 g/mol. The van der Waals surface area contributed by atoms with Crippen LogP contribution in [0.15, 0.2) is 81.5 Å². The molecule has 1 N–H and O–H groups in total. The smallest absolute Gasteiger partial charge is 0.253 e. The normalized spacial score (nSPS) is 14.2. The van der Waals surface area contributed by atoms with Gasteiger partial charge in [-0.05, 0) is 53.6 Å². The highest BCUT2D eigenvalue weighted by molar-refractivity contribution is 9.10. The summed E-state index contributed by atoms with van der Waals surface area (Å²) in [7, 11) is 6.47. The van der Waals surface area contributed by atoms with Gasteiger partial charge in [-0.1, -0.05) is 52.0 Å². The van der Waals surface area contributed by atoms with Gasteiger partial charge in [0.25, 0.3) is 11.8 Å². The van der Waals surface area contributed by atoms with Crippen LogP contribution >= 0.6 is 27.7 Å². The molecule has 0 spiro atoms. The number of nitrogens with zero attached hydrogens (tertiary/aromatic N) is 5. The minimum atomic E-state index is -0.295. The van der Waals surface area contributed by atoms with E-state index in [1.165, 1.54) is 26.0 Å². The third-order valence-electron chi connectivity index (χ3n) is 7.15. The van der Waals surface area contributed by atoms with Crippen molar-refractivity contribution >= 4 is 45.2 Å². The van der Waals surface area contributed by atoms with Crippen molar-refractivity contribution in [1.29, 1.82) is 0 Å². The molecule has 0 fully saturated rings. The predicted octanol–water partition coefficient (Wildman–Crippen LogP) is 5.00. The fourth-order valence-electron chi connectivity index (χ4n) is 4.70. The number of aromatic nitrogens is 3. The van der Waals surface area contributed by atoms with Crippen molar-refractivity contribution in [2.24, 2.45) is 12.1 Å². The molecule has 0 unspecified atom stereocenters. The summed E-state index contributed by atoms with van der Waals surface area (Å²) >= 11 is 4.74. The van der Waals surface area contributed by atoms with E-state index in [1.807, 2.05) is 48.5 Å². The van der Waals surface area contributed by atoms with Gasteiger partial charge in [0.05, 0.1) is 45.4 Å². The average molecular weight is 680 g/mol. The second-order valence-corrected chi connectivity index (χ2v) is 11.6. The minimum Gasteiger partial charge on any atom is -0.497 e. The van der Waals surface area contributed by atoms with Crippen molar-refractivity contribution in [3.05, 3.63) is 93.7 Å². The van der Waals surface area contributed by atoms with Gasteiger partial charge in [-0.2, -0.15) is 5.10 Å². The van der Waals surface area contributed by atoms with E-state index < -0.39 is 0 Å². The van der Waals surface area contributed by atoms with Crippen LogP contribution < -0.4 is 19.5 Å². The van der Waals surface area contributed by atoms with Crippen LogP contribution in [0.4, 0.5) is 0 Å². The second-order valence-electron chi connectivity index (χ2n) is 9.78. The Morgan fingerprint density at radius 3 is 2.36 bits per heavy atom. The number of ether oxygens (including phenoxy) is 3. The van der Waals surface area contributed by atoms with E-state index in [2.05, 4.69) is 31.4 Å². The highest BCUT2D eigenvalue weighted by atomic mass is 79.9. The Morgan fingerprint density at radius 1 is 0.955 bits per heavy atom. The molecular formula is C31H31BrN6O5S. The zero-order chi connectivity index (χ0) is 31.2. The van der Waals surface area contributed by atoms with E-state index >= 15 is 0 Å². The summed E-state index contributed by atoms with van der Waals surface area (Å²) in [4.78, 5) is 26.3. The number of nitrogens with one attached hydrogen (secondary N) is 1. The lowest BCUT2D eigenvalue weighted by molar-refractivity contribution is -0.130. The van der Waals surface area contributed by atoms with Crippen molar-refractivity contribution in [3.8, 4) is 17.2 Å². The van der Waals surface area contributed by atoms with E-state index in [0.29, 0.717) is 34.5 Å². The van der Waals surface area contributed by atoms with Crippen molar-refractivity contribution in [1.82, 2.24) is 25.1 Å². The van der Waals surface area contributed by atoms with Crippen molar-refractivity contribution in [2.45, 2.75) is 24.2 Å². The zero-order valence-corrected chi connectivity index (χ0v) is 27.0. The van der Waals surface area contributed by atoms with Crippen molar-refractivity contribution in [3.63, 3.8) is 0 Å². The number of halogens is 1. The van der Waals surface area contributed by atoms with Gasteiger partial charge in [0.2, 0.25) is 0 Å². The second kappa shape index (κ2) is 14.0. The Labute approximate surface area is 267 Å². The summed E-state index contributed by atoms with van der Waals surface area (Å²) in [6.45, 7) is 0.150. The largest absolute Gasteiger partial charge is 0.497 e. The first-order valence-electron chi connectivity index (χ1n) is 13.6. The molecule has 1 atom stereocenters. The van der Waals surface area contributed by atoms with Crippen molar-refractivity contribution in [2.75, 3.05) is 27.1 Å². The first-order chi connectivity index (χ1) is 21.3. The SMILES string of the molecule is COc1ccc([C@H]2CC(c3ccc(Br)cc3)=NN2C(=O)CSc2nnc(CNC(=O)c3ccc(OC)c(OC)c3)n2C)cc1. The Balaban J connectivity index is 1.25. The van der Waals surface area contributed by atoms with Gasteiger partial charge in [-0.15, -0.1) is 10.2 Å².